The summed E-state index contributed by atoms with van der Waals surface area (Å²) >= 11 is 1.05. The molecule has 10 heteroatoms. The van der Waals surface area contributed by atoms with Crippen molar-refractivity contribution in [2.45, 2.75) is 24.9 Å². The van der Waals surface area contributed by atoms with E-state index < -0.39 is 17.8 Å². The first-order valence-corrected chi connectivity index (χ1v) is 9.70. The fraction of sp³-hybridized carbons (Fsp3) is 0.316. The van der Waals surface area contributed by atoms with E-state index in [4.69, 9.17) is 4.74 Å². The minimum Gasteiger partial charge on any atom is -0.465 e. The molecule has 1 amide bonds. The van der Waals surface area contributed by atoms with E-state index >= 15 is 0 Å². The zero-order valence-corrected chi connectivity index (χ0v) is 17.1. The number of carbonyl (C=O) groups excluding carboxylic acids is 3. The average molecular weight is 419 g/mol. The molecule has 0 bridgehead atoms. The van der Waals surface area contributed by atoms with Gasteiger partial charge in [-0.25, -0.2) is 14.6 Å². The molecular weight excluding hydrogens is 398 g/mol. The van der Waals surface area contributed by atoms with Crippen molar-refractivity contribution in [3.63, 3.8) is 0 Å². The van der Waals surface area contributed by atoms with Gasteiger partial charge in [-0.05, 0) is 24.6 Å². The molecule has 0 spiro atoms. The van der Waals surface area contributed by atoms with Gasteiger partial charge in [-0.15, -0.1) is 0 Å². The molecular formula is C19H21N3O6S. The molecule has 0 unspecified atom stereocenters. The van der Waals surface area contributed by atoms with Crippen molar-refractivity contribution in [2.24, 2.45) is 0 Å². The van der Waals surface area contributed by atoms with Crippen LogP contribution in [0.1, 0.15) is 39.8 Å². The summed E-state index contributed by atoms with van der Waals surface area (Å²) in [6.07, 6.45) is 1.50. The number of H-pyrrole nitrogens is 1. The lowest BCUT2D eigenvalue weighted by Crippen LogP contribution is -2.18. The third-order valence-corrected chi connectivity index (χ3v) is 4.61. The summed E-state index contributed by atoms with van der Waals surface area (Å²) in [7, 11) is 2.44. The van der Waals surface area contributed by atoms with Crippen LogP contribution in [0.25, 0.3) is 0 Å². The Hall–Kier alpha value is -3.14. The standard InChI is InChI=1S/C19H21N3O6S/c1-4-5-12-9-15(23)22-19(20-12)29-10-16(24)21-14-8-11(17(25)27-2)6-7-13(14)18(26)28-3/h6-9H,4-5,10H2,1-3H3,(H,21,24)(H,20,22,23). The van der Waals surface area contributed by atoms with Gasteiger partial charge in [0.1, 0.15) is 0 Å². The fourth-order valence-corrected chi connectivity index (χ4v) is 3.13. The number of hydrogen-bond donors (Lipinski definition) is 2. The molecule has 1 heterocycles. The van der Waals surface area contributed by atoms with Crippen LogP contribution in [0.3, 0.4) is 0 Å². The number of nitrogens with one attached hydrogen (secondary N) is 2. The number of esters is 2. The summed E-state index contributed by atoms with van der Waals surface area (Å²) in [5, 5.41) is 2.91. The molecule has 0 atom stereocenters. The van der Waals surface area contributed by atoms with Crippen LogP contribution in [0, 0.1) is 0 Å². The minimum atomic E-state index is -0.664. The van der Waals surface area contributed by atoms with Crippen LogP contribution in [-0.2, 0) is 20.7 Å². The first-order chi connectivity index (χ1) is 13.9. The Labute approximate surface area is 171 Å². The van der Waals surface area contributed by atoms with Crippen molar-refractivity contribution >= 4 is 35.3 Å². The van der Waals surface area contributed by atoms with Gasteiger partial charge in [-0.1, -0.05) is 25.1 Å². The maximum absolute atomic E-state index is 12.4. The predicted molar refractivity (Wildman–Crippen MR) is 107 cm³/mol. The van der Waals surface area contributed by atoms with Crippen molar-refractivity contribution in [2.75, 3.05) is 25.3 Å². The van der Waals surface area contributed by atoms with Gasteiger partial charge in [0, 0.05) is 11.8 Å². The predicted octanol–water partition coefficient (Wildman–Crippen LogP) is 2.03. The second kappa shape index (κ2) is 10.4. The zero-order valence-electron chi connectivity index (χ0n) is 16.2. The third kappa shape index (κ3) is 6.18. The molecule has 0 aliphatic rings. The molecule has 0 aliphatic carbocycles. The number of aromatic amines is 1. The summed E-state index contributed by atoms with van der Waals surface area (Å²) in [6, 6.07) is 5.53. The lowest BCUT2D eigenvalue weighted by molar-refractivity contribution is -0.113. The van der Waals surface area contributed by atoms with Gasteiger partial charge in [0.25, 0.3) is 5.56 Å². The first kappa shape index (κ1) is 22.2. The fourth-order valence-electron chi connectivity index (χ4n) is 2.44. The number of nitrogens with zero attached hydrogens (tertiary/aromatic N) is 1. The lowest BCUT2D eigenvalue weighted by Gasteiger charge is -2.11. The van der Waals surface area contributed by atoms with Gasteiger partial charge in [0.2, 0.25) is 5.91 Å². The molecule has 2 N–H and O–H groups in total. The molecule has 154 valence electrons. The number of amides is 1. The van der Waals surface area contributed by atoms with E-state index in [1.165, 1.54) is 38.5 Å². The van der Waals surface area contributed by atoms with Gasteiger partial charge < -0.3 is 19.8 Å². The van der Waals surface area contributed by atoms with E-state index in [9.17, 15) is 19.2 Å². The van der Waals surface area contributed by atoms with Crippen molar-refractivity contribution in [3.05, 3.63) is 51.4 Å². The maximum atomic E-state index is 12.4. The van der Waals surface area contributed by atoms with Gasteiger partial charge in [0.05, 0.1) is 36.8 Å². The molecule has 29 heavy (non-hydrogen) atoms. The molecule has 0 aliphatic heterocycles. The van der Waals surface area contributed by atoms with E-state index in [0.717, 1.165) is 18.2 Å². The SMILES string of the molecule is CCCc1cc(=O)[nH]c(SCC(=O)Nc2cc(C(=O)OC)ccc2C(=O)OC)n1. The van der Waals surface area contributed by atoms with Crippen molar-refractivity contribution in [1.29, 1.82) is 0 Å². The Kier molecular flexibility index (Phi) is 7.96. The smallest absolute Gasteiger partial charge is 0.339 e. The molecule has 2 rings (SSSR count). The Morgan fingerprint density at radius 3 is 2.52 bits per heavy atom. The van der Waals surface area contributed by atoms with Crippen LogP contribution in [0.2, 0.25) is 0 Å². The Morgan fingerprint density at radius 2 is 1.86 bits per heavy atom. The normalized spacial score (nSPS) is 10.3. The number of benzene rings is 1. The van der Waals surface area contributed by atoms with E-state index in [1.807, 2.05) is 6.92 Å². The van der Waals surface area contributed by atoms with E-state index in [0.29, 0.717) is 17.3 Å². The molecule has 0 fully saturated rings. The highest BCUT2D eigenvalue weighted by Crippen LogP contribution is 2.21. The number of aryl methyl sites for hydroxylation is 1. The highest BCUT2D eigenvalue weighted by molar-refractivity contribution is 7.99. The summed E-state index contributed by atoms with van der Waals surface area (Å²) in [6.45, 7) is 1.98. The summed E-state index contributed by atoms with van der Waals surface area (Å²) in [4.78, 5) is 54.6. The molecule has 1 aromatic heterocycles. The van der Waals surface area contributed by atoms with Crippen LogP contribution < -0.4 is 10.9 Å². The molecule has 9 nitrogen and oxygen atoms in total. The number of anilines is 1. The number of ether oxygens (including phenoxy) is 2. The maximum Gasteiger partial charge on any atom is 0.339 e. The van der Waals surface area contributed by atoms with Crippen molar-refractivity contribution in [1.82, 2.24) is 9.97 Å². The first-order valence-electron chi connectivity index (χ1n) is 8.71. The topological polar surface area (TPSA) is 127 Å². The van der Waals surface area contributed by atoms with Gasteiger partial charge in [-0.3, -0.25) is 9.59 Å². The number of carbonyl (C=O) groups is 3. The Balaban J connectivity index is 2.16. The highest BCUT2D eigenvalue weighted by Gasteiger charge is 2.17. The second-order valence-electron chi connectivity index (χ2n) is 5.87. The average Bonchev–Trinajstić information content (AvgIpc) is 2.71. The Bertz CT molecular complexity index is 973. The van der Waals surface area contributed by atoms with Crippen LogP contribution in [0.5, 0.6) is 0 Å². The number of hydrogen-bond acceptors (Lipinski definition) is 8. The van der Waals surface area contributed by atoms with Crippen molar-refractivity contribution < 1.29 is 23.9 Å². The van der Waals surface area contributed by atoms with Crippen LogP contribution >= 0.6 is 11.8 Å². The van der Waals surface area contributed by atoms with Gasteiger partial charge in [-0.2, -0.15) is 0 Å². The van der Waals surface area contributed by atoms with Gasteiger partial charge in [0.15, 0.2) is 5.16 Å². The highest BCUT2D eigenvalue weighted by atomic mass is 32.2. The largest absolute Gasteiger partial charge is 0.465 e. The molecule has 2 aromatic rings. The zero-order chi connectivity index (χ0) is 21.4. The third-order valence-electron chi connectivity index (χ3n) is 3.74. The molecule has 0 saturated carbocycles. The van der Waals surface area contributed by atoms with Crippen LogP contribution in [0.15, 0.2) is 34.2 Å². The van der Waals surface area contributed by atoms with E-state index in [1.54, 1.807) is 0 Å². The second-order valence-corrected chi connectivity index (χ2v) is 6.84. The summed E-state index contributed by atoms with van der Waals surface area (Å²) < 4.78 is 9.36. The molecule has 0 radical (unpaired) electrons. The number of aromatic nitrogens is 2. The van der Waals surface area contributed by atoms with Gasteiger partial charge >= 0.3 is 11.9 Å². The molecule has 1 aromatic carbocycles. The van der Waals surface area contributed by atoms with Crippen molar-refractivity contribution in [3.8, 4) is 0 Å². The molecule has 0 saturated heterocycles. The number of thioether (sulfide) groups is 1. The van der Waals surface area contributed by atoms with Crippen LogP contribution in [0.4, 0.5) is 5.69 Å². The quantitative estimate of drug-likeness (QED) is 0.378. The van der Waals surface area contributed by atoms with E-state index in [2.05, 4.69) is 20.0 Å². The monoisotopic (exact) mass is 419 g/mol. The minimum absolute atomic E-state index is 0.0679. The Morgan fingerprint density at radius 1 is 1.14 bits per heavy atom. The van der Waals surface area contributed by atoms with Crippen LogP contribution in [-0.4, -0.2) is 47.8 Å². The summed E-state index contributed by atoms with van der Waals surface area (Å²) in [5.41, 5.74) is 0.742. The number of rotatable bonds is 8. The van der Waals surface area contributed by atoms with E-state index in [-0.39, 0.29) is 28.1 Å². The number of methoxy groups -OCH3 is 2. The summed E-state index contributed by atoms with van der Waals surface area (Å²) in [5.74, 6) is -1.80. The lowest BCUT2D eigenvalue weighted by atomic mass is 10.1.